The highest BCUT2D eigenvalue weighted by Crippen LogP contribution is 2.27. The van der Waals surface area contributed by atoms with Crippen molar-refractivity contribution >= 4 is 51.8 Å². The van der Waals surface area contributed by atoms with Gasteiger partial charge in [-0.05, 0) is 23.8 Å². The second kappa shape index (κ2) is 10.8. The summed E-state index contributed by atoms with van der Waals surface area (Å²) in [5.41, 5.74) is 1.82. The van der Waals surface area contributed by atoms with Crippen molar-refractivity contribution < 1.29 is 9.53 Å². The molecule has 0 atom stereocenters. The van der Waals surface area contributed by atoms with E-state index in [2.05, 4.69) is 4.90 Å². The van der Waals surface area contributed by atoms with Gasteiger partial charge in [-0.1, -0.05) is 59.2 Å². The van der Waals surface area contributed by atoms with E-state index in [0.29, 0.717) is 23.1 Å². The predicted molar refractivity (Wildman–Crippen MR) is 129 cm³/mol. The maximum absolute atomic E-state index is 12.8. The van der Waals surface area contributed by atoms with Gasteiger partial charge in [0.1, 0.15) is 10.9 Å². The molecule has 0 saturated carbocycles. The fraction of sp³-hybridized carbons (Fsp3) is 0.348. The van der Waals surface area contributed by atoms with E-state index in [1.165, 1.54) is 11.8 Å². The summed E-state index contributed by atoms with van der Waals surface area (Å²) in [7, 11) is 1.79. The van der Waals surface area contributed by atoms with Crippen LogP contribution in [0.3, 0.4) is 0 Å². The lowest BCUT2D eigenvalue weighted by atomic mass is 10.2. The minimum Gasteiger partial charge on any atom is -0.379 e. The lowest BCUT2D eigenvalue weighted by molar-refractivity contribution is -0.127. The van der Waals surface area contributed by atoms with Gasteiger partial charge in [0.15, 0.2) is 0 Å². The van der Waals surface area contributed by atoms with Crippen molar-refractivity contribution in [3.63, 3.8) is 0 Å². The molecule has 2 aromatic carbocycles. The standard InChI is InChI=1S/C23H24Cl2N4O2S/c1-28(13-16-6-7-18(24)19(25)12-16)22(30)15-32-23-17-4-2-3-5-20(17)26-21(27-23)14-29-8-10-31-11-9-29/h2-7,12H,8-11,13-15H2,1H3. The molecular weight excluding hydrogens is 467 g/mol. The Balaban J connectivity index is 1.45. The van der Waals surface area contributed by atoms with E-state index in [-0.39, 0.29) is 11.7 Å². The number of amides is 1. The van der Waals surface area contributed by atoms with Crippen LogP contribution in [0.15, 0.2) is 47.5 Å². The molecule has 6 nitrogen and oxygen atoms in total. The fourth-order valence-electron chi connectivity index (χ4n) is 3.47. The molecule has 2 heterocycles. The first-order valence-corrected chi connectivity index (χ1v) is 12.1. The Bertz CT molecular complexity index is 1110. The summed E-state index contributed by atoms with van der Waals surface area (Å²) in [4.78, 5) is 26.3. The smallest absolute Gasteiger partial charge is 0.233 e. The number of hydrogen-bond acceptors (Lipinski definition) is 6. The van der Waals surface area contributed by atoms with Gasteiger partial charge in [-0.3, -0.25) is 9.69 Å². The Hall–Kier alpha value is -1.90. The molecule has 0 unspecified atom stereocenters. The summed E-state index contributed by atoms with van der Waals surface area (Å²) in [5.74, 6) is 1.07. The van der Waals surface area contributed by atoms with Crippen molar-refractivity contribution in [2.24, 2.45) is 0 Å². The molecule has 1 fully saturated rings. The van der Waals surface area contributed by atoms with Crippen LogP contribution < -0.4 is 0 Å². The molecule has 0 aliphatic carbocycles. The summed E-state index contributed by atoms with van der Waals surface area (Å²) in [6, 6.07) is 13.3. The summed E-state index contributed by atoms with van der Waals surface area (Å²) in [6.07, 6.45) is 0. The molecule has 1 saturated heterocycles. The molecule has 4 rings (SSSR count). The maximum atomic E-state index is 12.8. The molecule has 0 bridgehead atoms. The zero-order valence-corrected chi connectivity index (χ0v) is 20.1. The van der Waals surface area contributed by atoms with Crippen LogP contribution in [0.25, 0.3) is 10.9 Å². The molecule has 0 spiro atoms. The molecule has 1 aliphatic heterocycles. The number of fused-ring (bicyclic) bond motifs is 1. The number of thioether (sulfide) groups is 1. The Morgan fingerprint density at radius 2 is 1.91 bits per heavy atom. The van der Waals surface area contributed by atoms with E-state index in [0.717, 1.165) is 53.6 Å². The quantitative estimate of drug-likeness (QED) is 0.358. The molecule has 1 aromatic heterocycles. The molecule has 0 radical (unpaired) electrons. The highest BCUT2D eigenvalue weighted by Gasteiger charge is 2.16. The van der Waals surface area contributed by atoms with Gasteiger partial charge in [-0.2, -0.15) is 0 Å². The summed E-state index contributed by atoms with van der Waals surface area (Å²) >= 11 is 13.5. The first kappa shape index (κ1) is 23.3. The summed E-state index contributed by atoms with van der Waals surface area (Å²) < 4.78 is 5.43. The van der Waals surface area contributed by atoms with Crippen molar-refractivity contribution in [3.05, 3.63) is 63.9 Å². The number of carbonyl (C=O) groups excluding carboxylic acids is 1. The molecule has 1 aliphatic rings. The SMILES string of the molecule is CN(Cc1ccc(Cl)c(Cl)c1)C(=O)CSc1nc(CN2CCOCC2)nc2ccccc12. The van der Waals surface area contributed by atoms with Gasteiger partial charge in [0.25, 0.3) is 0 Å². The van der Waals surface area contributed by atoms with E-state index < -0.39 is 0 Å². The minimum atomic E-state index is 0.0125. The van der Waals surface area contributed by atoms with E-state index in [1.54, 1.807) is 24.1 Å². The zero-order chi connectivity index (χ0) is 22.5. The second-order valence-electron chi connectivity index (χ2n) is 7.64. The van der Waals surface area contributed by atoms with Gasteiger partial charge >= 0.3 is 0 Å². The summed E-state index contributed by atoms with van der Waals surface area (Å²) in [5, 5.41) is 2.78. The zero-order valence-electron chi connectivity index (χ0n) is 17.8. The van der Waals surface area contributed by atoms with Crippen molar-refractivity contribution in [3.8, 4) is 0 Å². The minimum absolute atomic E-state index is 0.0125. The number of rotatable bonds is 7. The number of ether oxygens (including phenoxy) is 1. The van der Waals surface area contributed by atoms with Crippen LogP contribution >= 0.6 is 35.0 Å². The highest BCUT2D eigenvalue weighted by molar-refractivity contribution is 8.00. The van der Waals surface area contributed by atoms with Gasteiger partial charge in [0.05, 0.1) is 41.1 Å². The third-order valence-electron chi connectivity index (χ3n) is 5.25. The largest absolute Gasteiger partial charge is 0.379 e. The first-order chi connectivity index (χ1) is 15.5. The van der Waals surface area contributed by atoms with Crippen LogP contribution in [0.1, 0.15) is 11.4 Å². The monoisotopic (exact) mass is 490 g/mol. The van der Waals surface area contributed by atoms with Crippen LogP contribution in [0, 0.1) is 0 Å². The average Bonchev–Trinajstić information content (AvgIpc) is 2.80. The first-order valence-electron chi connectivity index (χ1n) is 10.4. The number of nitrogens with zero attached hydrogens (tertiary/aromatic N) is 4. The van der Waals surface area contributed by atoms with Crippen LogP contribution in [-0.4, -0.2) is 64.8 Å². The average molecular weight is 491 g/mol. The van der Waals surface area contributed by atoms with Crippen LogP contribution in [-0.2, 0) is 22.6 Å². The molecular formula is C23H24Cl2N4O2S. The van der Waals surface area contributed by atoms with E-state index in [1.807, 2.05) is 30.3 Å². The number of hydrogen-bond donors (Lipinski definition) is 0. The maximum Gasteiger partial charge on any atom is 0.233 e. The second-order valence-corrected chi connectivity index (χ2v) is 9.42. The lowest BCUT2D eigenvalue weighted by Crippen LogP contribution is -2.36. The third kappa shape index (κ3) is 5.91. The Morgan fingerprint density at radius 1 is 1.12 bits per heavy atom. The van der Waals surface area contributed by atoms with Gasteiger partial charge in [0.2, 0.25) is 5.91 Å². The topological polar surface area (TPSA) is 58.6 Å². The molecule has 3 aromatic rings. The van der Waals surface area contributed by atoms with Crippen LogP contribution in [0.4, 0.5) is 0 Å². The van der Waals surface area contributed by atoms with Gasteiger partial charge in [-0.15, -0.1) is 0 Å². The van der Waals surface area contributed by atoms with E-state index >= 15 is 0 Å². The van der Waals surface area contributed by atoms with Gasteiger partial charge in [0, 0.05) is 32.1 Å². The predicted octanol–water partition coefficient (Wildman–Crippen LogP) is 4.52. The third-order valence-corrected chi connectivity index (χ3v) is 6.96. The number of halogens is 2. The van der Waals surface area contributed by atoms with Crippen LogP contribution in [0.2, 0.25) is 10.0 Å². The number of benzene rings is 2. The normalized spacial score (nSPS) is 14.6. The summed E-state index contributed by atoms with van der Waals surface area (Å²) in [6.45, 7) is 4.34. The molecule has 0 N–H and O–H groups in total. The number of carbonyl (C=O) groups is 1. The molecule has 9 heteroatoms. The Morgan fingerprint density at radius 3 is 2.69 bits per heavy atom. The Labute approximate surface area is 201 Å². The number of morpholine rings is 1. The van der Waals surface area contributed by atoms with Crippen molar-refractivity contribution in [2.75, 3.05) is 39.1 Å². The Kier molecular flexibility index (Phi) is 7.86. The number of para-hydroxylation sites is 1. The number of aromatic nitrogens is 2. The molecule has 32 heavy (non-hydrogen) atoms. The molecule has 1 amide bonds. The van der Waals surface area contributed by atoms with E-state index in [9.17, 15) is 4.79 Å². The van der Waals surface area contributed by atoms with E-state index in [4.69, 9.17) is 37.9 Å². The van der Waals surface area contributed by atoms with Crippen molar-refractivity contribution in [1.29, 1.82) is 0 Å². The van der Waals surface area contributed by atoms with Crippen LogP contribution in [0.5, 0.6) is 0 Å². The lowest BCUT2D eigenvalue weighted by Gasteiger charge is -2.26. The highest BCUT2D eigenvalue weighted by atomic mass is 35.5. The van der Waals surface area contributed by atoms with Gasteiger partial charge in [-0.25, -0.2) is 9.97 Å². The molecule has 168 valence electrons. The van der Waals surface area contributed by atoms with Crippen molar-refractivity contribution in [1.82, 2.24) is 19.8 Å². The fourth-order valence-corrected chi connectivity index (χ4v) is 4.77. The van der Waals surface area contributed by atoms with Crippen molar-refractivity contribution in [2.45, 2.75) is 18.1 Å². The van der Waals surface area contributed by atoms with Gasteiger partial charge < -0.3 is 9.64 Å².